The summed E-state index contributed by atoms with van der Waals surface area (Å²) in [5.41, 5.74) is -0.545. The number of nitrogens with one attached hydrogen (secondary N) is 1. The molecule has 3 aliphatic carbocycles. The van der Waals surface area contributed by atoms with Gasteiger partial charge in [0.25, 0.3) is 0 Å². The predicted octanol–water partition coefficient (Wildman–Crippen LogP) is 1.93. The third kappa shape index (κ3) is 4.72. The highest BCUT2D eigenvalue weighted by molar-refractivity contribution is 5.84. The molecule has 0 aromatic carbocycles. The lowest BCUT2D eigenvalue weighted by Crippen LogP contribution is -2.61. The first-order valence-electron chi connectivity index (χ1n) is 12.4. The van der Waals surface area contributed by atoms with Gasteiger partial charge in [0, 0.05) is 30.5 Å². The van der Waals surface area contributed by atoms with E-state index in [0.29, 0.717) is 19.7 Å². The number of rotatable bonds is 6. The molecule has 2 saturated heterocycles. The van der Waals surface area contributed by atoms with Crippen LogP contribution in [0.15, 0.2) is 0 Å². The van der Waals surface area contributed by atoms with Crippen LogP contribution in [0, 0.1) is 22.7 Å². The standard InChI is InChI=1S/C24H35FN4O4/c1-2-33-21(31)17-4-3-11-28(15-17)22(32)23-5-8-24(9-6-23,10-7-23)27-14-20(30)29-16-18(25)12-19(29)13-26/h17-19,27H,2-12,14-16H2,1H3. The van der Waals surface area contributed by atoms with Crippen molar-refractivity contribution in [3.05, 3.63) is 0 Å². The van der Waals surface area contributed by atoms with Crippen molar-refractivity contribution in [2.24, 2.45) is 11.3 Å². The summed E-state index contributed by atoms with van der Waals surface area (Å²) >= 11 is 0. The van der Waals surface area contributed by atoms with Gasteiger partial charge in [-0.25, -0.2) is 4.39 Å². The van der Waals surface area contributed by atoms with Gasteiger partial charge in [0.05, 0.1) is 31.7 Å². The average molecular weight is 463 g/mol. The van der Waals surface area contributed by atoms with Crippen molar-refractivity contribution in [1.29, 1.82) is 5.26 Å². The van der Waals surface area contributed by atoms with Gasteiger partial charge in [-0.15, -0.1) is 0 Å². The summed E-state index contributed by atoms with van der Waals surface area (Å²) in [6.07, 6.45) is 5.29. The molecule has 182 valence electrons. The highest BCUT2D eigenvalue weighted by atomic mass is 19.1. The number of alkyl halides is 1. The van der Waals surface area contributed by atoms with Crippen LogP contribution in [0.1, 0.15) is 64.7 Å². The van der Waals surface area contributed by atoms with Crippen molar-refractivity contribution in [1.82, 2.24) is 15.1 Å². The van der Waals surface area contributed by atoms with Gasteiger partial charge in [-0.1, -0.05) is 0 Å². The maximum absolute atomic E-state index is 13.7. The van der Waals surface area contributed by atoms with Gasteiger partial charge < -0.3 is 19.9 Å². The molecule has 2 aliphatic heterocycles. The molecule has 5 fully saturated rings. The Labute approximate surface area is 194 Å². The van der Waals surface area contributed by atoms with Gasteiger partial charge in [0.15, 0.2) is 0 Å². The van der Waals surface area contributed by atoms with Crippen molar-refractivity contribution < 1.29 is 23.5 Å². The first-order chi connectivity index (χ1) is 15.8. The lowest BCUT2D eigenvalue weighted by Gasteiger charge is -2.54. The van der Waals surface area contributed by atoms with Crippen LogP contribution in [0.2, 0.25) is 0 Å². The Morgan fingerprint density at radius 3 is 2.48 bits per heavy atom. The Bertz CT molecular complexity index is 803. The van der Waals surface area contributed by atoms with Crippen LogP contribution in [-0.4, -0.2) is 78.1 Å². The molecular weight excluding hydrogens is 427 g/mol. The summed E-state index contributed by atoms with van der Waals surface area (Å²) in [5.74, 6) is -0.496. The van der Waals surface area contributed by atoms with Gasteiger partial charge in [0.1, 0.15) is 12.2 Å². The molecule has 8 nitrogen and oxygen atoms in total. The molecule has 3 unspecified atom stereocenters. The number of esters is 1. The van der Waals surface area contributed by atoms with Crippen LogP contribution in [0.4, 0.5) is 4.39 Å². The minimum absolute atomic E-state index is 0.00796. The van der Waals surface area contributed by atoms with E-state index >= 15 is 0 Å². The van der Waals surface area contributed by atoms with Crippen LogP contribution in [0.3, 0.4) is 0 Å². The monoisotopic (exact) mass is 462 g/mol. The van der Waals surface area contributed by atoms with Gasteiger partial charge in [-0.3, -0.25) is 14.4 Å². The molecule has 2 bridgehead atoms. The number of nitriles is 1. The van der Waals surface area contributed by atoms with Gasteiger partial charge in [-0.05, 0) is 58.3 Å². The molecule has 0 radical (unpaired) electrons. The van der Waals surface area contributed by atoms with Crippen LogP contribution in [0.5, 0.6) is 0 Å². The fourth-order valence-electron chi connectivity index (χ4n) is 6.27. The molecule has 5 rings (SSSR count). The number of amides is 2. The van der Waals surface area contributed by atoms with Crippen molar-refractivity contribution >= 4 is 17.8 Å². The summed E-state index contributed by atoms with van der Waals surface area (Å²) in [4.78, 5) is 41.6. The molecule has 0 spiro atoms. The number of carbonyl (C=O) groups excluding carboxylic acids is 3. The predicted molar refractivity (Wildman–Crippen MR) is 117 cm³/mol. The zero-order valence-electron chi connectivity index (χ0n) is 19.5. The van der Waals surface area contributed by atoms with E-state index in [1.807, 2.05) is 11.0 Å². The Morgan fingerprint density at radius 1 is 1.15 bits per heavy atom. The van der Waals surface area contributed by atoms with E-state index < -0.39 is 12.2 Å². The van der Waals surface area contributed by atoms with E-state index in [1.54, 1.807) is 6.92 Å². The van der Waals surface area contributed by atoms with E-state index in [9.17, 15) is 24.0 Å². The van der Waals surface area contributed by atoms with Crippen molar-refractivity contribution in [2.75, 3.05) is 32.8 Å². The number of ether oxygens (including phenoxy) is 1. The normalized spacial score (nSPS) is 35.8. The number of nitrogens with zero attached hydrogens (tertiary/aromatic N) is 3. The molecule has 0 aromatic rings. The highest BCUT2D eigenvalue weighted by Crippen LogP contribution is 2.53. The SMILES string of the molecule is CCOC(=O)C1CCCN(C(=O)C23CCC(NCC(=O)N4CC(F)CC4C#N)(CC2)CC3)C1. The minimum atomic E-state index is -1.13. The zero-order chi connectivity index (χ0) is 23.6. The summed E-state index contributed by atoms with van der Waals surface area (Å²) in [6, 6.07) is 1.34. The molecular formula is C24H35FN4O4. The molecule has 3 saturated carbocycles. The van der Waals surface area contributed by atoms with E-state index in [1.165, 1.54) is 4.90 Å². The van der Waals surface area contributed by atoms with Crippen LogP contribution in [-0.2, 0) is 19.1 Å². The summed E-state index contributed by atoms with van der Waals surface area (Å²) in [7, 11) is 0. The number of likely N-dealkylation sites (tertiary alicyclic amines) is 2. The van der Waals surface area contributed by atoms with Crippen LogP contribution >= 0.6 is 0 Å². The molecule has 2 heterocycles. The van der Waals surface area contributed by atoms with Gasteiger partial charge in [-0.2, -0.15) is 5.26 Å². The first-order valence-corrected chi connectivity index (χ1v) is 12.4. The fraction of sp³-hybridized carbons (Fsp3) is 0.833. The first kappa shape index (κ1) is 23.9. The van der Waals surface area contributed by atoms with E-state index in [2.05, 4.69) is 5.32 Å². The lowest BCUT2D eigenvalue weighted by atomic mass is 9.56. The number of piperidine rings is 1. The Hall–Kier alpha value is -2.21. The smallest absolute Gasteiger partial charge is 0.310 e. The summed E-state index contributed by atoms with van der Waals surface area (Å²) in [6.45, 7) is 3.38. The second-order valence-electron chi connectivity index (χ2n) is 10.3. The van der Waals surface area contributed by atoms with Crippen LogP contribution in [0.25, 0.3) is 0 Å². The molecule has 33 heavy (non-hydrogen) atoms. The zero-order valence-corrected chi connectivity index (χ0v) is 19.5. The topological polar surface area (TPSA) is 103 Å². The number of hydrogen-bond donors (Lipinski definition) is 1. The third-order valence-corrected chi connectivity index (χ3v) is 8.36. The fourth-order valence-corrected chi connectivity index (χ4v) is 6.27. The largest absolute Gasteiger partial charge is 0.466 e. The maximum Gasteiger partial charge on any atom is 0.310 e. The second-order valence-corrected chi connectivity index (χ2v) is 10.3. The summed E-state index contributed by atoms with van der Waals surface area (Å²) in [5, 5.41) is 12.6. The van der Waals surface area contributed by atoms with E-state index in [0.717, 1.165) is 51.4 Å². The van der Waals surface area contributed by atoms with E-state index in [4.69, 9.17) is 4.74 Å². The van der Waals surface area contributed by atoms with Crippen LogP contribution < -0.4 is 5.32 Å². The summed E-state index contributed by atoms with van der Waals surface area (Å²) < 4.78 is 18.8. The minimum Gasteiger partial charge on any atom is -0.466 e. The Morgan fingerprint density at radius 2 is 1.85 bits per heavy atom. The average Bonchev–Trinajstić information content (AvgIpc) is 3.24. The number of carbonyl (C=O) groups is 3. The number of hydrogen-bond acceptors (Lipinski definition) is 6. The van der Waals surface area contributed by atoms with Crippen molar-refractivity contribution in [2.45, 2.75) is 82.5 Å². The Kier molecular flexibility index (Phi) is 6.94. The highest BCUT2D eigenvalue weighted by Gasteiger charge is 2.54. The molecule has 9 heteroatoms. The molecule has 0 aromatic heterocycles. The molecule has 5 aliphatic rings. The van der Waals surface area contributed by atoms with Crippen molar-refractivity contribution in [3.8, 4) is 6.07 Å². The molecule has 2 amide bonds. The number of halogens is 1. The molecule has 1 N–H and O–H groups in total. The second kappa shape index (κ2) is 9.57. The quantitative estimate of drug-likeness (QED) is 0.605. The molecule has 3 atom stereocenters. The Balaban J connectivity index is 1.31. The van der Waals surface area contributed by atoms with Crippen molar-refractivity contribution in [3.63, 3.8) is 0 Å². The maximum atomic E-state index is 13.7. The van der Waals surface area contributed by atoms with E-state index in [-0.39, 0.29) is 54.2 Å². The third-order valence-electron chi connectivity index (χ3n) is 8.36. The number of fused-ring (bicyclic) bond motifs is 3. The van der Waals surface area contributed by atoms with Gasteiger partial charge in [0.2, 0.25) is 11.8 Å². The van der Waals surface area contributed by atoms with Gasteiger partial charge >= 0.3 is 5.97 Å². The lowest BCUT2D eigenvalue weighted by molar-refractivity contribution is -0.157.